The van der Waals surface area contributed by atoms with Gasteiger partial charge in [-0.3, -0.25) is 0 Å². The second kappa shape index (κ2) is 5.40. The van der Waals surface area contributed by atoms with E-state index in [0.717, 1.165) is 16.2 Å². The van der Waals surface area contributed by atoms with Gasteiger partial charge in [0.25, 0.3) is 0 Å². The lowest BCUT2D eigenvalue weighted by molar-refractivity contribution is 0.0702. The van der Waals surface area contributed by atoms with Crippen LogP contribution in [0.15, 0.2) is 6.07 Å². The van der Waals surface area contributed by atoms with E-state index in [-0.39, 0.29) is 16.5 Å². The number of carboxylic acids is 1. The molecule has 1 aromatic rings. The molecule has 18 heavy (non-hydrogen) atoms. The fourth-order valence-corrected chi connectivity index (χ4v) is 4.33. The molecule has 102 valence electrons. The van der Waals surface area contributed by atoms with Crippen molar-refractivity contribution >= 4 is 27.1 Å². The van der Waals surface area contributed by atoms with Crippen LogP contribution in [0, 0.1) is 12.8 Å². The van der Waals surface area contributed by atoms with Crippen molar-refractivity contribution in [2.45, 2.75) is 38.7 Å². The van der Waals surface area contributed by atoms with Gasteiger partial charge in [0, 0.05) is 4.88 Å². The number of hydrogen-bond acceptors (Lipinski definition) is 4. The van der Waals surface area contributed by atoms with E-state index in [1.54, 1.807) is 13.8 Å². The van der Waals surface area contributed by atoms with Gasteiger partial charge in [0.2, 0.25) is 0 Å². The normalized spacial score (nSPS) is 13.8. The first-order valence-corrected chi connectivity index (χ1v) is 8.22. The maximum absolute atomic E-state index is 12.1. The number of thiophene rings is 1. The Kier molecular flexibility index (Phi) is 4.55. The molecule has 4 nitrogen and oxygen atoms in total. The van der Waals surface area contributed by atoms with Crippen molar-refractivity contribution in [2.75, 3.05) is 0 Å². The highest BCUT2D eigenvalue weighted by Crippen LogP contribution is 2.25. The highest BCUT2D eigenvalue weighted by atomic mass is 32.2. The first-order valence-electron chi connectivity index (χ1n) is 5.69. The molecule has 1 heterocycles. The van der Waals surface area contributed by atoms with Crippen molar-refractivity contribution in [1.29, 1.82) is 0 Å². The van der Waals surface area contributed by atoms with Crippen molar-refractivity contribution in [2.24, 2.45) is 5.92 Å². The summed E-state index contributed by atoms with van der Waals surface area (Å²) in [5.74, 6) is -1.04. The van der Waals surface area contributed by atoms with E-state index in [2.05, 4.69) is 0 Å². The standard InChI is InChI=1S/C12H18O4S2/c1-7(2)9(4)18(15,16)6-10-5-11(12(13)14)17-8(10)3/h5,7,9H,6H2,1-4H3,(H,13,14). The molecule has 1 aromatic heterocycles. The molecule has 0 amide bonds. The first-order chi connectivity index (χ1) is 8.15. The summed E-state index contributed by atoms with van der Waals surface area (Å²) in [4.78, 5) is 11.8. The molecule has 0 bridgehead atoms. The van der Waals surface area contributed by atoms with Gasteiger partial charge in [-0.1, -0.05) is 13.8 Å². The van der Waals surface area contributed by atoms with Crippen molar-refractivity contribution < 1.29 is 18.3 Å². The Morgan fingerprint density at radius 2 is 1.94 bits per heavy atom. The maximum atomic E-state index is 12.1. The lowest BCUT2D eigenvalue weighted by atomic mass is 10.2. The molecule has 1 atom stereocenters. The van der Waals surface area contributed by atoms with Crippen LogP contribution in [-0.2, 0) is 15.6 Å². The Balaban J connectivity index is 3.01. The molecule has 0 aliphatic rings. The monoisotopic (exact) mass is 290 g/mol. The molecule has 6 heteroatoms. The topological polar surface area (TPSA) is 71.4 Å². The van der Waals surface area contributed by atoms with E-state index in [4.69, 9.17) is 5.11 Å². The molecule has 0 aromatic carbocycles. The third-order valence-corrected chi connectivity index (χ3v) is 6.56. The van der Waals surface area contributed by atoms with Crippen molar-refractivity contribution in [3.8, 4) is 0 Å². The summed E-state index contributed by atoms with van der Waals surface area (Å²) in [7, 11) is -3.23. The lowest BCUT2D eigenvalue weighted by Crippen LogP contribution is -2.24. The van der Waals surface area contributed by atoms with Crippen LogP contribution in [0.5, 0.6) is 0 Å². The summed E-state index contributed by atoms with van der Waals surface area (Å²) >= 11 is 1.12. The van der Waals surface area contributed by atoms with Gasteiger partial charge in [0.05, 0.1) is 11.0 Å². The van der Waals surface area contributed by atoms with Gasteiger partial charge >= 0.3 is 5.97 Å². The molecule has 0 aliphatic carbocycles. The molecule has 1 unspecified atom stereocenters. The largest absolute Gasteiger partial charge is 0.477 e. The zero-order valence-electron chi connectivity index (χ0n) is 10.9. The quantitative estimate of drug-likeness (QED) is 0.905. The smallest absolute Gasteiger partial charge is 0.345 e. The molecule has 1 N–H and O–H groups in total. The SMILES string of the molecule is Cc1sc(C(=O)O)cc1CS(=O)(=O)C(C)C(C)C. The molecule has 0 saturated carbocycles. The summed E-state index contributed by atoms with van der Waals surface area (Å²) in [6.07, 6.45) is 0. The average Bonchev–Trinajstić information content (AvgIpc) is 2.58. The zero-order chi connectivity index (χ0) is 14.1. The number of rotatable bonds is 5. The van der Waals surface area contributed by atoms with Gasteiger partial charge in [-0.2, -0.15) is 0 Å². The summed E-state index contributed by atoms with van der Waals surface area (Å²) in [5.41, 5.74) is 0.602. The maximum Gasteiger partial charge on any atom is 0.345 e. The van der Waals surface area contributed by atoms with Gasteiger partial charge < -0.3 is 5.11 Å². The van der Waals surface area contributed by atoms with E-state index in [9.17, 15) is 13.2 Å². The van der Waals surface area contributed by atoms with Crippen LogP contribution < -0.4 is 0 Å². The molecule has 0 radical (unpaired) electrons. The molecule has 0 aliphatic heterocycles. The van der Waals surface area contributed by atoms with Gasteiger partial charge in [-0.05, 0) is 31.4 Å². The van der Waals surface area contributed by atoms with Crippen molar-refractivity contribution in [3.63, 3.8) is 0 Å². The van der Waals surface area contributed by atoms with Gasteiger partial charge in [0.15, 0.2) is 9.84 Å². The van der Waals surface area contributed by atoms with Crippen molar-refractivity contribution in [3.05, 3.63) is 21.4 Å². The van der Waals surface area contributed by atoms with Crippen LogP contribution in [0.1, 0.15) is 40.9 Å². The molecular weight excluding hydrogens is 272 g/mol. The lowest BCUT2D eigenvalue weighted by Gasteiger charge is -2.16. The summed E-state index contributed by atoms with van der Waals surface area (Å²) < 4.78 is 24.3. The number of hydrogen-bond donors (Lipinski definition) is 1. The second-order valence-electron chi connectivity index (χ2n) is 4.75. The molecule has 0 spiro atoms. The number of aryl methyl sites for hydroxylation is 1. The molecule has 0 fully saturated rings. The molecule has 1 rings (SSSR count). The van der Waals surface area contributed by atoms with Crippen LogP contribution in [0.3, 0.4) is 0 Å². The Morgan fingerprint density at radius 1 is 1.39 bits per heavy atom. The zero-order valence-corrected chi connectivity index (χ0v) is 12.6. The van der Waals surface area contributed by atoms with Crippen LogP contribution in [0.2, 0.25) is 0 Å². The van der Waals surface area contributed by atoms with E-state index in [1.807, 2.05) is 13.8 Å². The number of aromatic carboxylic acids is 1. The van der Waals surface area contributed by atoms with Crippen LogP contribution >= 0.6 is 11.3 Å². The summed E-state index contributed by atoms with van der Waals surface area (Å²) in [5, 5.41) is 8.45. The fourth-order valence-electron chi connectivity index (χ4n) is 1.53. The summed E-state index contributed by atoms with van der Waals surface area (Å²) in [6.45, 7) is 7.18. The minimum atomic E-state index is -3.23. The Hall–Kier alpha value is -0.880. The van der Waals surface area contributed by atoms with Crippen LogP contribution in [0.25, 0.3) is 0 Å². The predicted octanol–water partition coefficient (Wildman–Crippen LogP) is 2.71. The van der Waals surface area contributed by atoms with E-state index in [1.165, 1.54) is 6.07 Å². The Morgan fingerprint density at radius 3 is 2.33 bits per heavy atom. The third-order valence-electron chi connectivity index (χ3n) is 3.09. The minimum Gasteiger partial charge on any atom is -0.477 e. The minimum absolute atomic E-state index is 0.0490. The van der Waals surface area contributed by atoms with Crippen LogP contribution in [-0.4, -0.2) is 24.7 Å². The third kappa shape index (κ3) is 3.32. The van der Waals surface area contributed by atoms with E-state index < -0.39 is 21.1 Å². The van der Waals surface area contributed by atoms with Gasteiger partial charge in [-0.15, -0.1) is 11.3 Å². The number of carbonyl (C=O) groups is 1. The second-order valence-corrected chi connectivity index (χ2v) is 8.37. The average molecular weight is 290 g/mol. The van der Waals surface area contributed by atoms with Crippen molar-refractivity contribution in [1.82, 2.24) is 0 Å². The van der Waals surface area contributed by atoms with E-state index >= 15 is 0 Å². The van der Waals surface area contributed by atoms with Gasteiger partial charge in [-0.25, -0.2) is 13.2 Å². The summed E-state index contributed by atoms with van der Waals surface area (Å²) in [6, 6.07) is 1.47. The van der Waals surface area contributed by atoms with E-state index in [0.29, 0.717) is 5.56 Å². The first kappa shape index (κ1) is 15.2. The highest BCUT2D eigenvalue weighted by Gasteiger charge is 2.26. The molecular formula is C12H18O4S2. The Labute approximate surface area is 112 Å². The number of carboxylic acid groups (broad SMARTS) is 1. The predicted molar refractivity (Wildman–Crippen MR) is 72.9 cm³/mol. The fraction of sp³-hybridized carbons (Fsp3) is 0.583. The highest BCUT2D eigenvalue weighted by molar-refractivity contribution is 7.91. The Bertz CT molecular complexity index is 540. The van der Waals surface area contributed by atoms with Crippen LogP contribution in [0.4, 0.5) is 0 Å². The van der Waals surface area contributed by atoms with Gasteiger partial charge in [0.1, 0.15) is 4.88 Å². The number of sulfone groups is 1. The molecule has 0 saturated heterocycles.